The number of ether oxygens (including phenoxy) is 2. The number of methoxy groups -OCH3 is 2. The lowest BCUT2D eigenvalue weighted by atomic mass is 10.0. The van der Waals surface area contributed by atoms with Crippen molar-refractivity contribution in [3.05, 3.63) is 18.2 Å². The van der Waals surface area contributed by atoms with Crippen LogP contribution in [0.1, 0.15) is 19.8 Å². The van der Waals surface area contributed by atoms with Crippen LogP contribution in [-0.4, -0.2) is 102 Å². The summed E-state index contributed by atoms with van der Waals surface area (Å²) in [6.45, 7) is 11.1. The number of benzene rings is 1. The second-order valence-electron chi connectivity index (χ2n) is 9.14. The third-order valence-corrected chi connectivity index (χ3v) is 6.54. The molecule has 9 heteroatoms. The van der Waals surface area contributed by atoms with Gasteiger partial charge in [-0.25, -0.2) is 0 Å². The topological polar surface area (TPSA) is 64.6 Å². The molecule has 188 valence electrons. The van der Waals surface area contributed by atoms with Crippen LogP contribution in [0.5, 0.6) is 11.5 Å². The second-order valence-corrected chi connectivity index (χ2v) is 9.14. The Morgan fingerprint density at radius 2 is 1.64 bits per heavy atom. The minimum absolute atomic E-state index is 0. The van der Waals surface area contributed by atoms with Crippen LogP contribution in [0.2, 0.25) is 0 Å². The summed E-state index contributed by atoms with van der Waals surface area (Å²) in [7, 11) is 7.45. The molecule has 0 spiro atoms. The van der Waals surface area contributed by atoms with E-state index in [9.17, 15) is 0 Å². The normalized spacial score (nSPS) is 19.5. The fraction of sp³-hybridized carbons (Fsp3) is 0.708. The van der Waals surface area contributed by atoms with Crippen molar-refractivity contribution in [1.29, 1.82) is 0 Å². The number of likely N-dealkylation sites (N-methyl/N-ethyl adjacent to an activating group) is 1. The van der Waals surface area contributed by atoms with Crippen LogP contribution in [0.15, 0.2) is 23.2 Å². The van der Waals surface area contributed by atoms with Crippen molar-refractivity contribution in [3.8, 4) is 11.5 Å². The lowest BCUT2D eigenvalue weighted by Gasteiger charge is -2.35. The molecule has 0 amide bonds. The van der Waals surface area contributed by atoms with Crippen LogP contribution < -0.4 is 25.0 Å². The fourth-order valence-electron chi connectivity index (χ4n) is 4.45. The van der Waals surface area contributed by atoms with Gasteiger partial charge >= 0.3 is 0 Å². The summed E-state index contributed by atoms with van der Waals surface area (Å²) in [5.74, 6) is 3.16. The molecule has 0 aromatic heterocycles. The molecule has 2 aliphatic heterocycles. The molecule has 2 saturated heterocycles. The third kappa shape index (κ3) is 8.68. The molecule has 1 aromatic carbocycles. The molecule has 0 bridgehead atoms. The van der Waals surface area contributed by atoms with Crippen LogP contribution in [0.3, 0.4) is 0 Å². The summed E-state index contributed by atoms with van der Waals surface area (Å²) < 4.78 is 10.9. The zero-order chi connectivity index (χ0) is 22.9. The molecule has 1 unspecified atom stereocenters. The van der Waals surface area contributed by atoms with Gasteiger partial charge in [-0.15, -0.1) is 24.0 Å². The van der Waals surface area contributed by atoms with E-state index in [-0.39, 0.29) is 24.0 Å². The van der Waals surface area contributed by atoms with Crippen molar-refractivity contribution in [1.82, 2.24) is 20.4 Å². The highest BCUT2D eigenvalue weighted by molar-refractivity contribution is 14.0. The van der Waals surface area contributed by atoms with Gasteiger partial charge < -0.3 is 34.8 Å². The zero-order valence-corrected chi connectivity index (χ0v) is 23.3. The number of hydrogen-bond acceptors (Lipinski definition) is 6. The van der Waals surface area contributed by atoms with E-state index in [0.717, 1.165) is 62.2 Å². The number of nitrogens with one attached hydrogen (secondary N) is 2. The molecule has 0 saturated carbocycles. The van der Waals surface area contributed by atoms with Crippen LogP contribution >= 0.6 is 24.0 Å². The van der Waals surface area contributed by atoms with Crippen LogP contribution in [0, 0.1) is 5.92 Å². The Bertz CT molecular complexity index is 711. The van der Waals surface area contributed by atoms with Crippen molar-refractivity contribution in [3.63, 3.8) is 0 Å². The van der Waals surface area contributed by atoms with Gasteiger partial charge in [0.1, 0.15) is 11.5 Å². The first-order valence-corrected chi connectivity index (χ1v) is 11.9. The van der Waals surface area contributed by atoms with Crippen molar-refractivity contribution in [2.45, 2.75) is 25.8 Å². The molecule has 2 N–H and O–H groups in total. The van der Waals surface area contributed by atoms with Gasteiger partial charge in [-0.05, 0) is 25.8 Å². The molecule has 3 rings (SSSR count). The number of anilines is 1. The maximum absolute atomic E-state index is 5.43. The van der Waals surface area contributed by atoms with Gasteiger partial charge in [-0.1, -0.05) is 6.92 Å². The quantitative estimate of drug-likeness (QED) is 0.281. The van der Waals surface area contributed by atoms with Crippen molar-refractivity contribution in [2.75, 3.05) is 85.6 Å². The summed E-state index contributed by atoms with van der Waals surface area (Å²) in [5, 5.41) is 7.17. The monoisotopic (exact) mass is 574 g/mol. The maximum Gasteiger partial charge on any atom is 0.191 e. The Balaban J connectivity index is 0.00000385. The Labute approximate surface area is 217 Å². The number of aliphatic imine (C=N–C) groups is 1. The minimum atomic E-state index is 0. The molecule has 33 heavy (non-hydrogen) atoms. The number of guanidine groups is 1. The standard InChI is InChI=1S/C24H42N6O2.HI/c1-19(18-29-12-10-28(3)11-13-29)17-26-24(25-2)27-20-6-8-30(9-7-20)21-14-22(31-4)16-23(15-21)32-5;/h14-16,19-20H,6-13,17-18H2,1-5H3,(H2,25,26,27);1H. The smallest absolute Gasteiger partial charge is 0.191 e. The van der Waals surface area contributed by atoms with E-state index >= 15 is 0 Å². The summed E-state index contributed by atoms with van der Waals surface area (Å²) in [5.41, 5.74) is 1.15. The minimum Gasteiger partial charge on any atom is -0.497 e. The van der Waals surface area contributed by atoms with E-state index in [1.807, 2.05) is 13.1 Å². The van der Waals surface area contributed by atoms with E-state index in [4.69, 9.17) is 9.47 Å². The zero-order valence-electron chi connectivity index (χ0n) is 21.0. The van der Waals surface area contributed by atoms with Gasteiger partial charge in [0.15, 0.2) is 5.96 Å². The molecule has 1 aromatic rings. The highest BCUT2D eigenvalue weighted by Gasteiger charge is 2.22. The van der Waals surface area contributed by atoms with Gasteiger partial charge in [-0.2, -0.15) is 0 Å². The Morgan fingerprint density at radius 3 is 2.18 bits per heavy atom. The molecular formula is C24H43IN6O2. The molecule has 2 fully saturated rings. The van der Waals surface area contributed by atoms with Crippen molar-refractivity contribution >= 4 is 35.6 Å². The first-order valence-electron chi connectivity index (χ1n) is 11.9. The van der Waals surface area contributed by atoms with Gasteiger partial charge in [0.2, 0.25) is 0 Å². The Hall–Kier alpha value is -1.46. The third-order valence-electron chi connectivity index (χ3n) is 6.54. The van der Waals surface area contributed by atoms with E-state index in [1.165, 1.54) is 26.2 Å². The summed E-state index contributed by atoms with van der Waals surface area (Å²) in [4.78, 5) is 11.8. The van der Waals surface area contributed by atoms with E-state index in [1.54, 1.807) is 14.2 Å². The van der Waals surface area contributed by atoms with Crippen molar-refractivity contribution < 1.29 is 9.47 Å². The highest BCUT2D eigenvalue weighted by atomic mass is 127. The van der Waals surface area contributed by atoms with Gasteiger partial charge in [0, 0.05) is 89.3 Å². The van der Waals surface area contributed by atoms with Gasteiger partial charge in [0.25, 0.3) is 0 Å². The lowest BCUT2D eigenvalue weighted by molar-refractivity contribution is 0.139. The average molecular weight is 575 g/mol. The highest BCUT2D eigenvalue weighted by Crippen LogP contribution is 2.30. The summed E-state index contributed by atoms with van der Waals surface area (Å²) >= 11 is 0. The maximum atomic E-state index is 5.43. The molecule has 2 heterocycles. The summed E-state index contributed by atoms with van der Waals surface area (Å²) in [6, 6.07) is 6.51. The number of rotatable bonds is 8. The number of piperidine rings is 1. The number of piperazine rings is 1. The van der Waals surface area contributed by atoms with Crippen LogP contribution in [-0.2, 0) is 0 Å². The number of halogens is 1. The molecule has 1 atom stereocenters. The molecule has 8 nitrogen and oxygen atoms in total. The molecular weight excluding hydrogens is 531 g/mol. The predicted octanol–water partition coefficient (Wildman–Crippen LogP) is 2.34. The number of hydrogen-bond donors (Lipinski definition) is 2. The predicted molar refractivity (Wildman–Crippen MR) is 148 cm³/mol. The SMILES string of the molecule is CN=C(NCC(C)CN1CCN(C)CC1)NC1CCN(c2cc(OC)cc(OC)c2)CC1.I. The van der Waals surface area contributed by atoms with E-state index in [2.05, 4.69) is 56.4 Å². The second kappa shape index (κ2) is 14.1. The van der Waals surface area contributed by atoms with Gasteiger partial charge in [0.05, 0.1) is 14.2 Å². The van der Waals surface area contributed by atoms with Crippen molar-refractivity contribution in [2.24, 2.45) is 10.9 Å². The van der Waals surface area contributed by atoms with Gasteiger partial charge in [-0.3, -0.25) is 4.99 Å². The van der Waals surface area contributed by atoms with E-state index < -0.39 is 0 Å². The van der Waals surface area contributed by atoms with Crippen LogP contribution in [0.4, 0.5) is 5.69 Å². The first kappa shape index (κ1) is 27.8. The van der Waals surface area contributed by atoms with Crippen LogP contribution in [0.25, 0.3) is 0 Å². The number of nitrogens with zero attached hydrogens (tertiary/aromatic N) is 4. The molecule has 0 radical (unpaired) electrons. The summed E-state index contributed by atoms with van der Waals surface area (Å²) in [6.07, 6.45) is 2.13. The largest absolute Gasteiger partial charge is 0.497 e. The lowest BCUT2D eigenvalue weighted by Crippen LogP contribution is -2.50. The average Bonchev–Trinajstić information content (AvgIpc) is 2.83. The molecule has 0 aliphatic carbocycles. The van der Waals surface area contributed by atoms with E-state index in [0.29, 0.717) is 12.0 Å². The first-order chi connectivity index (χ1) is 15.5. The Morgan fingerprint density at radius 1 is 1.03 bits per heavy atom. The fourth-order valence-corrected chi connectivity index (χ4v) is 4.45. The Kier molecular flexibility index (Phi) is 11.8. The molecule has 2 aliphatic rings.